The van der Waals surface area contributed by atoms with Gasteiger partial charge in [0, 0.05) is 12.1 Å². The Morgan fingerprint density at radius 3 is 2.67 bits per heavy atom. The fourth-order valence-electron chi connectivity index (χ4n) is 2.18. The van der Waals surface area contributed by atoms with Gasteiger partial charge in [0.25, 0.3) is 0 Å². The first-order chi connectivity index (χ1) is 10.2. The van der Waals surface area contributed by atoms with Gasteiger partial charge in [0.1, 0.15) is 18.1 Å². The number of benzene rings is 1. The Bertz CT molecular complexity index is 593. The van der Waals surface area contributed by atoms with Crippen LogP contribution in [0.3, 0.4) is 0 Å². The van der Waals surface area contributed by atoms with E-state index in [-0.39, 0.29) is 6.61 Å². The molecule has 0 aliphatic rings. The highest BCUT2D eigenvalue weighted by atomic mass is 16.5. The fourth-order valence-corrected chi connectivity index (χ4v) is 2.18. The van der Waals surface area contributed by atoms with Gasteiger partial charge in [-0.15, -0.1) is 0 Å². The van der Waals surface area contributed by atoms with Gasteiger partial charge in [-0.05, 0) is 37.6 Å². The summed E-state index contributed by atoms with van der Waals surface area (Å²) in [5.74, 6) is 1.37. The molecule has 0 saturated heterocycles. The largest absolute Gasteiger partial charge is 0.497 e. The maximum Gasteiger partial charge on any atom is 0.130 e. The molecule has 1 N–H and O–H groups in total. The number of aryl methyl sites for hydroxylation is 2. The molecule has 0 bridgehead atoms. The molecule has 5 heteroatoms. The van der Waals surface area contributed by atoms with Gasteiger partial charge < -0.3 is 14.6 Å². The summed E-state index contributed by atoms with van der Waals surface area (Å²) in [4.78, 5) is 0. The van der Waals surface area contributed by atoms with Gasteiger partial charge >= 0.3 is 0 Å². The second-order valence-electron chi connectivity index (χ2n) is 4.72. The van der Waals surface area contributed by atoms with Crippen LogP contribution in [0.5, 0.6) is 11.5 Å². The lowest BCUT2D eigenvalue weighted by Gasteiger charge is -2.12. The van der Waals surface area contributed by atoms with Crippen LogP contribution in [0, 0.1) is 0 Å². The third-order valence-corrected chi connectivity index (χ3v) is 3.39. The number of nitrogens with zero attached hydrogens (tertiary/aromatic N) is 2. The van der Waals surface area contributed by atoms with Crippen LogP contribution >= 0.6 is 0 Å². The van der Waals surface area contributed by atoms with E-state index in [1.54, 1.807) is 13.2 Å². The van der Waals surface area contributed by atoms with Gasteiger partial charge in [-0.25, -0.2) is 0 Å². The van der Waals surface area contributed by atoms with E-state index in [0.717, 1.165) is 24.4 Å². The molecule has 0 saturated carbocycles. The first-order valence-corrected chi connectivity index (χ1v) is 7.18. The predicted octanol–water partition coefficient (Wildman–Crippen LogP) is 2.55. The molecular weight excluding hydrogens is 268 g/mol. The van der Waals surface area contributed by atoms with Gasteiger partial charge in [-0.2, -0.15) is 5.10 Å². The lowest BCUT2D eigenvalue weighted by Crippen LogP contribution is -2.07. The maximum absolute atomic E-state index is 9.43. The van der Waals surface area contributed by atoms with Crippen molar-refractivity contribution in [3.05, 3.63) is 41.2 Å². The summed E-state index contributed by atoms with van der Waals surface area (Å²) in [6.45, 7) is 5.30. The van der Waals surface area contributed by atoms with Gasteiger partial charge in [0.15, 0.2) is 0 Å². The van der Waals surface area contributed by atoms with Crippen LogP contribution in [0.1, 0.15) is 30.8 Å². The third kappa shape index (κ3) is 3.55. The minimum Gasteiger partial charge on any atom is -0.497 e. The highest BCUT2D eigenvalue weighted by Gasteiger charge is 2.09. The third-order valence-electron chi connectivity index (χ3n) is 3.39. The van der Waals surface area contributed by atoms with Crippen LogP contribution in [0.2, 0.25) is 0 Å². The maximum atomic E-state index is 9.43. The second-order valence-corrected chi connectivity index (χ2v) is 4.72. The SMILES string of the molecule is CCc1cc(COc2ccc(OC)cc2CO)n(CC)n1. The Hall–Kier alpha value is -2.01. The van der Waals surface area contributed by atoms with Crippen LogP contribution in [-0.4, -0.2) is 22.0 Å². The number of rotatable bonds is 7. The summed E-state index contributed by atoms with van der Waals surface area (Å²) in [7, 11) is 1.60. The Morgan fingerprint density at radius 1 is 1.24 bits per heavy atom. The number of ether oxygens (including phenoxy) is 2. The smallest absolute Gasteiger partial charge is 0.130 e. The topological polar surface area (TPSA) is 56.5 Å². The summed E-state index contributed by atoms with van der Waals surface area (Å²) >= 11 is 0. The van der Waals surface area contributed by atoms with E-state index >= 15 is 0 Å². The van der Waals surface area contributed by atoms with Crippen molar-refractivity contribution in [2.24, 2.45) is 0 Å². The number of methoxy groups -OCH3 is 1. The zero-order valence-corrected chi connectivity index (χ0v) is 12.8. The molecule has 0 aliphatic carbocycles. The molecule has 2 aromatic rings. The Balaban J connectivity index is 2.14. The van der Waals surface area contributed by atoms with Gasteiger partial charge in [-0.3, -0.25) is 4.68 Å². The summed E-state index contributed by atoms with van der Waals surface area (Å²) in [6, 6.07) is 7.48. The highest BCUT2D eigenvalue weighted by Crippen LogP contribution is 2.25. The standard InChI is InChI=1S/C16H22N2O3/c1-4-13-9-14(18(5-2)17-13)11-21-16-7-6-15(20-3)8-12(16)10-19/h6-9,19H,4-5,10-11H2,1-3H3. The van der Waals surface area contributed by atoms with E-state index in [1.165, 1.54) is 0 Å². The summed E-state index contributed by atoms with van der Waals surface area (Å²) in [5.41, 5.74) is 2.81. The molecule has 114 valence electrons. The lowest BCUT2D eigenvalue weighted by atomic mass is 10.2. The number of aromatic nitrogens is 2. The number of hydrogen-bond donors (Lipinski definition) is 1. The first kappa shape index (κ1) is 15.4. The van der Waals surface area contributed by atoms with E-state index in [2.05, 4.69) is 25.0 Å². The van der Waals surface area contributed by atoms with E-state index < -0.39 is 0 Å². The predicted molar refractivity (Wildman–Crippen MR) is 80.5 cm³/mol. The van der Waals surface area contributed by atoms with Crippen molar-refractivity contribution < 1.29 is 14.6 Å². The van der Waals surface area contributed by atoms with E-state index in [0.29, 0.717) is 23.7 Å². The van der Waals surface area contributed by atoms with Gasteiger partial charge in [0.2, 0.25) is 0 Å². The van der Waals surface area contributed by atoms with Crippen LogP contribution in [0.25, 0.3) is 0 Å². The normalized spacial score (nSPS) is 10.7. The average molecular weight is 290 g/mol. The van der Waals surface area contributed by atoms with Crippen molar-refractivity contribution >= 4 is 0 Å². The van der Waals surface area contributed by atoms with Crippen molar-refractivity contribution in [1.82, 2.24) is 9.78 Å². The van der Waals surface area contributed by atoms with E-state index in [1.807, 2.05) is 16.8 Å². The molecule has 1 aromatic carbocycles. The summed E-state index contributed by atoms with van der Waals surface area (Å²) in [5, 5.41) is 13.9. The Labute approximate surface area is 125 Å². The molecule has 21 heavy (non-hydrogen) atoms. The molecular formula is C16H22N2O3. The molecule has 1 aromatic heterocycles. The number of hydrogen-bond acceptors (Lipinski definition) is 4. The van der Waals surface area contributed by atoms with E-state index in [4.69, 9.17) is 9.47 Å². The zero-order valence-electron chi connectivity index (χ0n) is 12.8. The highest BCUT2D eigenvalue weighted by molar-refractivity contribution is 5.40. The monoisotopic (exact) mass is 290 g/mol. The molecule has 0 atom stereocenters. The quantitative estimate of drug-likeness (QED) is 0.851. The Morgan fingerprint density at radius 2 is 2.05 bits per heavy atom. The molecule has 0 amide bonds. The lowest BCUT2D eigenvalue weighted by molar-refractivity contribution is 0.253. The van der Waals surface area contributed by atoms with Gasteiger partial charge in [0.05, 0.1) is 25.1 Å². The zero-order chi connectivity index (χ0) is 15.2. The van der Waals surface area contributed by atoms with Crippen LogP contribution < -0.4 is 9.47 Å². The molecule has 0 radical (unpaired) electrons. The van der Waals surface area contributed by atoms with Crippen molar-refractivity contribution in [3.63, 3.8) is 0 Å². The van der Waals surface area contributed by atoms with Crippen molar-refractivity contribution in [2.45, 2.75) is 40.0 Å². The van der Waals surface area contributed by atoms with Crippen molar-refractivity contribution in [1.29, 1.82) is 0 Å². The van der Waals surface area contributed by atoms with Crippen LogP contribution in [0.4, 0.5) is 0 Å². The molecule has 0 aliphatic heterocycles. The molecule has 1 heterocycles. The fraction of sp³-hybridized carbons (Fsp3) is 0.438. The Kier molecular flexibility index (Phi) is 5.22. The number of aliphatic hydroxyl groups excluding tert-OH is 1. The van der Waals surface area contributed by atoms with E-state index in [9.17, 15) is 5.11 Å². The second kappa shape index (κ2) is 7.13. The van der Waals surface area contributed by atoms with Gasteiger partial charge in [-0.1, -0.05) is 6.92 Å². The molecule has 2 rings (SSSR count). The molecule has 5 nitrogen and oxygen atoms in total. The minimum atomic E-state index is -0.0835. The minimum absolute atomic E-state index is 0.0835. The molecule has 0 fully saturated rings. The number of aliphatic hydroxyl groups is 1. The molecule has 0 unspecified atom stereocenters. The summed E-state index contributed by atoms with van der Waals surface area (Å²) in [6.07, 6.45) is 0.907. The molecule has 0 spiro atoms. The van der Waals surface area contributed by atoms with Crippen LogP contribution in [0.15, 0.2) is 24.3 Å². The first-order valence-electron chi connectivity index (χ1n) is 7.18. The average Bonchev–Trinajstić information content (AvgIpc) is 2.95. The summed E-state index contributed by atoms with van der Waals surface area (Å²) < 4.78 is 12.9. The van der Waals surface area contributed by atoms with Crippen LogP contribution in [-0.2, 0) is 26.2 Å². The van der Waals surface area contributed by atoms with Crippen molar-refractivity contribution in [2.75, 3.05) is 7.11 Å². The van der Waals surface area contributed by atoms with Crippen molar-refractivity contribution in [3.8, 4) is 11.5 Å².